The molecule has 0 radical (unpaired) electrons. The molecule has 15 heteroatoms. The number of carbonyl (C=O) groups excluding carboxylic acids is 1. The maximum Gasteiger partial charge on any atom is 0.246 e. The SMILES string of the molecule is Cc1cn2c(-c3cnn(CC(=O)Nc4ccncc4F)c3)cnc2c(N(SF)c2cc(CO)ns2)n1. The molecule has 0 bridgehead atoms. The maximum atomic E-state index is 14.0. The molecule has 5 aromatic heterocycles. The zero-order valence-electron chi connectivity index (χ0n) is 18.5. The van der Waals surface area contributed by atoms with Crippen LogP contribution in [0.4, 0.5) is 24.8 Å². The van der Waals surface area contributed by atoms with Crippen LogP contribution in [0.15, 0.2) is 49.3 Å². The predicted molar refractivity (Wildman–Crippen MR) is 131 cm³/mol. The second-order valence-electron chi connectivity index (χ2n) is 7.55. The molecule has 5 aromatic rings. The molecule has 0 unspecified atom stereocenters. The fourth-order valence-electron chi connectivity index (χ4n) is 3.48. The van der Waals surface area contributed by atoms with Crippen LogP contribution in [0, 0.1) is 12.7 Å². The van der Waals surface area contributed by atoms with E-state index in [0.717, 1.165) is 17.7 Å². The Hall–Kier alpha value is -3.95. The fourth-order valence-corrected chi connectivity index (χ4v) is 4.64. The lowest BCUT2D eigenvalue weighted by atomic mass is 10.3. The van der Waals surface area contributed by atoms with Gasteiger partial charge in [-0.3, -0.25) is 18.9 Å². The van der Waals surface area contributed by atoms with Crippen molar-refractivity contribution < 1.29 is 18.2 Å². The van der Waals surface area contributed by atoms with Crippen LogP contribution in [0.5, 0.6) is 0 Å². The first-order valence-electron chi connectivity index (χ1n) is 10.4. The molecule has 2 N–H and O–H groups in total. The Bertz CT molecular complexity index is 1550. The number of aliphatic hydroxyl groups is 1. The van der Waals surface area contributed by atoms with Crippen LogP contribution in [0.1, 0.15) is 11.4 Å². The van der Waals surface area contributed by atoms with Crippen LogP contribution in [-0.2, 0) is 17.9 Å². The van der Waals surface area contributed by atoms with Crippen LogP contribution >= 0.6 is 23.9 Å². The summed E-state index contributed by atoms with van der Waals surface area (Å²) in [5, 5.41) is 16.5. The average Bonchev–Trinajstić information content (AvgIpc) is 3.61. The second-order valence-corrected chi connectivity index (χ2v) is 8.84. The lowest BCUT2D eigenvalue weighted by molar-refractivity contribution is -0.116. The van der Waals surface area contributed by atoms with Crippen molar-refractivity contribution in [3.05, 3.63) is 66.5 Å². The molecule has 5 rings (SSSR count). The van der Waals surface area contributed by atoms with Gasteiger partial charge < -0.3 is 10.4 Å². The number of nitrogens with zero attached hydrogens (tertiary/aromatic N) is 8. The summed E-state index contributed by atoms with van der Waals surface area (Å²) in [6, 6.07) is 2.94. The Balaban J connectivity index is 1.43. The molecule has 1 amide bonds. The molecule has 0 aliphatic rings. The molecule has 36 heavy (non-hydrogen) atoms. The van der Waals surface area contributed by atoms with Crippen molar-refractivity contribution in [2.75, 3.05) is 9.62 Å². The highest BCUT2D eigenvalue weighted by atomic mass is 32.2. The van der Waals surface area contributed by atoms with Crippen molar-refractivity contribution in [1.29, 1.82) is 0 Å². The number of imidazole rings is 1. The van der Waals surface area contributed by atoms with E-state index in [2.05, 4.69) is 29.7 Å². The summed E-state index contributed by atoms with van der Waals surface area (Å²) in [5.41, 5.74) is 2.74. The predicted octanol–water partition coefficient (Wildman–Crippen LogP) is 3.69. The summed E-state index contributed by atoms with van der Waals surface area (Å²) in [5.74, 6) is -0.838. The number of halogens is 2. The van der Waals surface area contributed by atoms with Crippen molar-refractivity contribution >= 4 is 51.9 Å². The van der Waals surface area contributed by atoms with Gasteiger partial charge in [0.1, 0.15) is 11.5 Å². The van der Waals surface area contributed by atoms with E-state index >= 15 is 0 Å². The molecule has 0 atom stereocenters. The van der Waals surface area contributed by atoms with Gasteiger partial charge in [0.15, 0.2) is 29.6 Å². The summed E-state index contributed by atoms with van der Waals surface area (Å²) in [7, 11) is 0. The van der Waals surface area contributed by atoms with Gasteiger partial charge in [-0.15, -0.1) is 3.89 Å². The minimum Gasteiger partial charge on any atom is -0.390 e. The molecular formula is C21H17F2N9O2S2. The summed E-state index contributed by atoms with van der Waals surface area (Å²) >= 11 is 0.985. The molecule has 0 saturated heterocycles. The highest BCUT2D eigenvalue weighted by Crippen LogP contribution is 2.38. The molecule has 0 spiro atoms. The van der Waals surface area contributed by atoms with E-state index in [9.17, 15) is 18.2 Å². The highest BCUT2D eigenvalue weighted by molar-refractivity contribution is 7.96. The number of aromatic nitrogens is 7. The summed E-state index contributed by atoms with van der Waals surface area (Å²) in [6.07, 6.45) is 8.96. The number of carbonyl (C=O) groups is 1. The molecule has 0 aliphatic carbocycles. The number of anilines is 3. The Labute approximate surface area is 211 Å². The van der Waals surface area contributed by atoms with Crippen LogP contribution in [-0.4, -0.2) is 44.5 Å². The first kappa shape index (κ1) is 23.8. The first-order valence-corrected chi connectivity index (χ1v) is 11.8. The fraction of sp³-hybridized carbons (Fsp3) is 0.143. The summed E-state index contributed by atoms with van der Waals surface area (Å²) < 4.78 is 36.3. The minimum atomic E-state index is -0.635. The van der Waals surface area contributed by atoms with Gasteiger partial charge in [-0.2, -0.15) is 9.47 Å². The minimum absolute atomic E-state index is 0.0296. The maximum absolute atomic E-state index is 14.0. The van der Waals surface area contributed by atoms with Gasteiger partial charge in [-0.25, -0.2) is 18.7 Å². The number of nitrogens with one attached hydrogen (secondary N) is 1. The molecule has 0 aromatic carbocycles. The van der Waals surface area contributed by atoms with E-state index in [-0.39, 0.29) is 37.0 Å². The van der Waals surface area contributed by atoms with Gasteiger partial charge in [0.05, 0.1) is 48.0 Å². The van der Waals surface area contributed by atoms with E-state index in [4.69, 9.17) is 0 Å². The van der Waals surface area contributed by atoms with Crippen molar-refractivity contribution in [1.82, 2.24) is 33.5 Å². The van der Waals surface area contributed by atoms with E-state index < -0.39 is 11.7 Å². The van der Waals surface area contributed by atoms with E-state index in [1.807, 2.05) is 0 Å². The second kappa shape index (κ2) is 9.96. The van der Waals surface area contributed by atoms with Crippen LogP contribution < -0.4 is 9.62 Å². The third-order valence-corrected chi connectivity index (χ3v) is 6.48. The monoisotopic (exact) mass is 529 g/mol. The number of aliphatic hydroxyl groups excluding tert-OH is 1. The summed E-state index contributed by atoms with van der Waals surface area (Å²) in [6.45, 7) is 1.37. The average molecular weight is 530 g/mol. The third kappa shape index (κ3) is 4.62. The van der Waals surface area contributed by atoms with Crippen LogP contribution in [0.3, 0.4) is 0 Å². The Morgan fingerprint density at radius 2 is 2.17 bits per heavy atom. The van der Waals surface area contributed by atoms with Crippen LogP contribution in [0.25, 0.3) is 16.9 Å². The third-order valence-electron chi connectivity index (χ3n) is 5.05. The molecule has 0 fully saturated rings. The van der Waals surface area contributed by atoms with Gasteiger partial charge in [0.2, 0.25) is 5.91 Å². The van der Waals surface area contributed by atoms with E-state index in [0.29, 0.717) is 33.3 Å². The topological polar surface area (TPSA) is 126 Å². The van der Waals surface area contributed by atoms with Crippen molar-refractivity contribution in [2.24, 2.45) is 0 Å². The molecule has 11 nitrogen and oxygen atoms in total. The van der Waals surface area contributed by atoms with Gasteiger partial charge in [-0.05, 0) is 30.6 Å². The number of rotatable bonds is 8. The largest absolute Gasteiger partial charge is 0.390 e. The summed E-state index contributed by atoms with van der Waals surface area (Å²) in [4.78, 5) is 24.9. The zero-order valence-corrected chi connectivity index (χ0v) is 20.2. The van der Waals surface area contributed by atoms with Crippen LogP contribution in [0.2, 0.25) is 0 Å². The Morgan fingerprint density at radius 3 is 2.92 bits per heavy atom. The van der Waals surface area contributed by atoms with E-state index in [1.54, 1.807) is 42.2 Å². The standard InChI is InChI=1S/C21H17F2N9O2S2/c1-12-8-31-17(7-25-20(31)21(27-12)32(36-23)19-4-14(11-33)29-35-19)13-5-26-30(9-13)10-18(34)28-16-2-3-24-6-15(16)22/h2-9,33H,10-11H2,1H3,(H,24,28,34). The van der Waals surface area contributed by atoms with Gasteiger partial charge in [-0.1, -0.05) is 0 Å². The number of fused-ring (bicyclic) bond motifs is 1. The number of amides is 1. The van der Waals surface area contributed by atoms with Gasteiger partial charge in [0.25, 0.3) is 0 Å². The molecule has 5 heterocycles. The molecular weight excluding hydrogens is 512 g/mol. The number of hydrogen-bond acceptors (Lipinski definition) is 10. The van der Waals surface area contributed by atoms with Crippen molar-refractivity contribution in [3.63, 3.8) is 0 Å². The Morgan fingerprint density at radius 1 is 1.31 bits per heavy atom. The quantitative estimate of drug-likeness (QED) is 0.289. The normalized spacial score (nSPS) is 11.2. The lowest BCUT2D eigenvalue weighted by Gasteiger charge is -2.16. The van der Waals surface area contributed by atoms with Crippen molar-refractivity contribution in [3.8, 4) is 11.3 Å². The van der Waals surface area contributed by atoms with Gasteiger partial charge >= 0.3 is 0 Å². The van der Waals surface area contributed by atoms with Gasteiger partial charge in [0, 0.05) is 24.2 Å². The first-order chi connectivity index (χ1) is 17.5. The highest BCUT2D eigenvalue weighted by Gasteiger charge is 2.22. The number of hydrogen-bond donors (Lipinski definition) is 2. The van der Waals surface area contributed by atoms with E-state index in [1.165, 1.54) is 21.3 Å². The molecule has 184 valence electrons. The van der Waals surface area contributed by atoms with Crippen molar-refractivity contribution in [2.45, 2.75) is 20.1 Å². The lowest BCUT2D eigenvalue weighted by Crippen LogP contribution is -2.19. The zero-order chi connectivity index (χ0) is 25.2. The number of aryl methyl sites for hydroxylation is 1. The number of pyridine rings is 1. The molecule has 0 aliphatic heterocycles. The smallest absolute Gasteiger partial charge is 0.246 e. The molecule has 0 saturated carbocycles. The Kier molecular flexibility index (Phi) is 6.58.